The van der Waals surface area contributed by atoms with E-state index in [1.165, 1.54) is 21.3 Å². The van der Waals surface area contributed by atoms with Crippen LogP contribution in [-0.4, -0.2) is 44.3 Å². The van der Waals surface area contributed by atoms with Gasteiger partial charge < -0.3 is 10.2 Å². The number of amides is 2. The van der Waals surface area contributed by atoms with Crippen LogP contribution in [0.3, 0.4) is 0 Å². The summed E-state index contributed by atoms with van der Waals surface area (Å²) in [6.07, 6.45) is 0.590. The quantitative estimate of drug-likeness (QED) is 0.366. The normalized spacial score (nSPS) is 12.1. The Kier molecular flexibility index (Phi) is 10.1. The summed E-state index contributed by atoms with van der Waals surface area (Å²) >= 11 is 0. The van der Waals surface area contributed by atoms with E-state index in [-0.39, 0.29) is 23.3 Å². The first kappa shape index (κ1) is 28.9. The minimum absolute atomic E-state index is 0.0936. The molecule has 202 valence electrons. The van der Waals surface area contributed by atoms with Crippen LogP contribution in [0.2, 0.25) is 0 Å². The van der Waals surface area contributed by atoms with E-state index in [2.05, 4.69) is 5.32 Å². The highest BCUT2D eigenvalue weighted by atomic mass is 32.2. The molecular weight excluding hydrogens is 498 g/mol. The van der Waals surface area contributed by atoms with Crippen molar-refractivity contribution in [3.05, 3.63) is 96.1 Å². The van der Waals surface area contributed by atoms with E-state index < -0.39 is 28.5 Å². The van der Waals surface area contributed by atoms with E-state index in [0.29, 0.717) is 18.7 Å². The third kappa shape index (κ3) is 7.22. The van der Waals surface area contributed by atoms with Gasteiger partial charge in [-0.1, -0.05) is 87.5 Å². The lowest BCUT2D eigenvalue weighted by molar-refractivity contribution is -0.139. The lowest BCUT2D eigenvalue weighted by Crippen LogP contribution is -2.51. The minimum Gasteiger partial charge on any atom is -0.354 e. The number of nitrogens with one attached hydrogen (secondary N) is 1. The van der Waals surface area contributed by atoms with E-state index in [9.17, 15) is 18.0 Å². The molecule has 0 spiro atoms. The van der Waals surface area contributed by atoms with Gasteiger partial charge >= 0.3 is 0 Å². The number of para-hydroxylation sites is 1. The van der Waals surface area contributed by atoms with Gasteiger partial charge in [0, 0.05) is 13.1 Å². The number of nitrogens with zero attached hydrogens (tertiary/aromatic N) is 2. The minimum atomic E-state index is -4.07. The fraction of sp³-hybridized carbons (Fsp3) is 0.333. The predicted octanol–water partition coefficient (Wildman–Crippen LogP) is 4.63. The molecule has 38 heavy (non-hydrogen) atoms. The van der Waals surface area contributed by atoms with Crippen LogP contribution in [0.25, 0.3) is 0 Å². The maximum atomic E-state index is 13.9. The largest absolute Gasteiger partial charge is 0.354 e. The summed E-state index contributed by atoms with van der Waals surface area (Å²) in [6, 6.07) is 23.8. The molecule has 0 aliphatic rings. The summed E-state index contributed by atoms with van der Waals surface area (Å²) < 4.78 is 28.9. The third-order valence-corrected chi connectivity index (χ3v) is 8.07. The smallest absolute Gasteiger partial charge is 0.264 e. The van der Waals surface area contributed by atoms with Gasteiger partial charge in [0.1, 0.15) is 12.6 Å². The van der Waals surface area contributed by atoms with E-state index in [1.54, 1.807) is 37.3 Å². The monoisotopic (exact) mass is 535 g/mol. The molecule has 0 bridgehead atoms. The van der Waals surface area contributed by atoms with Crippen molar-refractivity contribution in [2.75, 3.05) is 17.4 Å². The van der Waals surface area contributed by atoms with Gasteiger partial charge in [-0.25, -0.2) is 8.42 Å². The van der Waals surface area contributed by atoms with Crippen LogP contribution in [0.1, 0.15) is 38.8 Å². The van der Waals surface area contributed by atoms with Crippen LogP contribution in [0.15, 0.2) is 89.8 Å². The van der Waals surface area contributed by atoms with Crippen molar-refractivity contribution in [1.82, 2.24) is 10.2 Å². The van der Waals surface area contributed by atoms with Crippen molar-refractivity contribution in [2.45, 2.75) is 51.6 Å². The van der Waals surface area contributed by atoms with Crippen LogP contribution < -0.4 is 9.62 Å². The highest BCUT2D eigenvalue weighted by Gasteiger charge is 2.33. The molecule has 1 N–H and O–H groups in total. The van der Waals surface area contributed by atoms with E-state index in [4.69, 9.17) is 0 Å². The summed E-state index contributed by atoms with van der Waals surface area (Å²) in [5, 5.41) is 2.90. The molecule has 0 saturated carbocycles. The maximum Gasteiger partial charge on any atom is 0.264 e. The molecule has 3 aromatic carbocycles. The van der Waals surface area contributed by atoms with Gasteiger partial charge in [0.05, 0.1) is 10.6 Å². The Balaban J connectivity index is 2.02. The van der Waals surface area contributed by atoms with Gasteiger partial charge in [0.2, 0.25) is 11.8 Å². The second-order valence-corrected chi connectivity index (χ2v) is 11.5. The molecule has 0 aliphatic heterocycles. The van der Waals surface area contributed by atoms with Crippen molar-refractivity contribution < 1.29 is 18.0 Å². The first-order chi connectivity index (χ1) is 18.1. The van der Waals surface area contributed by atoms with Crippen LogP contribution in [0.5, 0.6) is 0 Å². The van der Waals surface area contributed by atoms with Gasteiger partial charge in [0.15, 0.2) is 0 Å². The Morgan fingerprint density at radius 2 is 1.42 bits per heavy atom. The second kappa shape index (κ2) is 13.2. The molecule has 0 heterocycles. The first-order valence-electron chi connectivity index (χ1n) is 12.9. The molecule has 0 fully saturated rings. The van der Waals surface area contributed by atoms with Gasteiger partial charge in [-0.05, 0) is 48.6 Å². The molecule has 3 aromatic rings. The number of rotatable bonds is 12. The number of hydrogen-bond acceptors (Lipinski definition) is 4. The fourth-order valence-electron chi connectivity index (χ4n) is 4.10. The Morgan fingerprint density at radius 1 is 0.842 bits per heavy atom. The Bertz CT molecular complexity index is 1310. The number of aryl methyl sites for hydroxylation is 1. The average Bonchev–Trinajstić information content (AvgIpc) is 2.93. The zero-order valence-electron chi connectivity index (χ0n) is 22.5. The molecular formula is C30H37N3O4S. The average molecular weight is 536 g/mol. The van der Waals surface area contributed by atoms with Crippen molar-refractivity contribution in [2.24, 2.45) is 5.92 Å². The van der Waals surface area contributed by atoms with Crippen molar-refractivity contribution in [3.63, 3.8) is 0 Å². The molecule has 0 radical (unpaired) electrons. The summed E-state index contributed by atoms with van der Waals surface area (Å²) in [5.41, 5.74) is 2.09. The van der Waals surface area contributed by atoms with Crippen LogP contribution >= 0.6 is 0 Å². The highest BCUT2D eigenvalue weighted by molar-refractivity contribution is 7.92. The molecule has 1 atom stereocenters. The summed E-state index contributed by atoms with van der Waals surface area (Å²) in [6.45, 7) is 7.82. The van der Waals surface area contributed by atoms with Crippen LogP contribution in [0, 0.1) is 5.92 Å². The lowest BCUT2D eigenvalue weighted by Gasteiger charge is -2.32. The molecule has 7 nitrogen and oxygen atoms in total. The first-order valence-corrected chi connectivity index (χ1v) is 14.4. The standard InChI is InChI=1S/C30H37N3O4S/c1-5-26-16-12-13-19-28(26)33(38(36,37)27-17-10-7-11-18-27)22-29(34)32(21-25-14-8-6-9-15-25)24(4)30(35)31-20-23(2)3/h6-19,23-24H,5,20-22H2,1-4H3,(H,31,35)/t24-/m1/s1. The molecule has 0 aromatic heterocycles. The Morgan fingerprint density at radius 3 is 2.03 bits per heavy atom. The lowest BCUT2D eigenvalue weighted by atomic mass is 10.1. The van der Waals surface area contributed by atoms with Crippen LogP contribution in [0.4, 0.5) is 5.69 Å². The number of carbonyl (C=O) groups is 2. The van der Waals surface area contributed by atoms with E-state index in [1.807, 2.05) is 63.2 Å². The number of sulfonamides is 1. The number of benzene rings is 3. The number of hydrogen-bond donors (Lipinski definition) is 1. The van der Waals surface area contributed by atoms with Gasteiger partial charge in [-0.15, -0.1) is 0 Å². The van der Waals surface area contributed by atoms with Gasteiger partial charge in [0.25, 0.3) is 10.0 Å². The molecule has 0 saturated heterocycles. The predicted molar refractivity (Wildman–Crippen MR) is 151 cm³/mol. The topological polar surface area (TPSA) is 86.8 Å². The fourth-order valence-corrected chi connectivity index (χ4v) is 5.57. The molecule has 0 unspecified atom stereocenters. The van der Waals surface area contributed by atoms with E-state index >= 15 is 0 Å². The Labute approximate surface area is 226 Å². The van der Waals surface area contributed by atoms with Crippen molar-refractivity contribution >= 4 is 27.5 Å². The maximum absolute atomic E-state index is 13.9. The summed E-state index contributed by atoms with van der Waals surface area (Å²) in [4.78, 5) is 28.5. The third-order valence-electron chi connectivity index (χ3n) is 6.30. The summed E-state index contributed by atoms with van der Waals surface area (Å²) in [7, 11) is -4.07. The SMILES string of the molecule is CCc1ccccc1N(CC(=O)N(Cc1ccccc1)[C@H](C)C(=O)NCC(C)C)S(=O)(=O)c1ccccc1. The summed E-state index contributed by atoms with van der Waals surface area (Å²) in [5.74, 6) is -0.498. The zero-order valence-corrected chi connectivity index (χ0v) is 23.3. The van der Waals surface area contributed by atoms with Crippen molar-refractivity contribution in [3.8, 4) is 0 Å². The molecule has 3 rings (SSSR count). The van der Waals surface area contributed by atoms with E-state index in [0.717, 1.165) is 11.1 Å². The second-order valence-electron chi connectivity index (χ2n) is 9.63. The van der Waals surface area contributed by atoms with Crippen molar-refractivity contribution in [1.29, 1.82) is 0 Å². The number of carbonyl (C=O) groups excluding carboxylic acids is 2. The molecule has 2 amide bonds. The van der Waals surface area contributed by atoms with Gasteiger partial charge in [-0.2, -0.15) is 0 Å². The zero-order chi connectivity index (χ0) is 27.7. The number of anilines is 1. The highest BCUT2D eigenvalue weighted by Crippen LogP contribution is 2.28. The van der Waals surface area contributed by atoms with Gasteiger partial charge in [-0.3, -0.25) is 13.9 Å². The van der Waals surface area contributed by atoms with Crippen LogP contribution in [-0.2, 0) is 32.6 Å². The molecule has 0 aliphatic carbocycles. The Hall–Kier alpha value is -3.65. The molecule has 8 heteroatoms.